The Morgan fingerprint density at radius 3 is 1.69 bits per heavy atom. The van der Waals surface area contributed by atoms with Crippen LogP contribution >= 0.6 is 0 Å². The van der Waals surface area contributed by atoms with Gasteiger partial charge in [-0.25, -0.2) is 4.79 Å². The molecule has 4 unspecified atom stereocenters. The Hall–Kier alpha value is -5.40. The number of fused-ring (bicyclic) bond motifs is 1. The number of aliphatic hydroxyl groups excluding tert-OH is 1. The number of carbonyl (C=O) groups is 4. The van der Waals surface area contributed by atoms with Gasteiger partial charge in [0.15, 0.2) is 0 Å². The number of benzene rings is 3. The zero-order valence-electron chi connectivity index (χ0n) is 24.1. The molecule has 45 heavy (non-hydrogen) atoms. The lowest BCUT2D eigenvalue weighted by Crippen LogP contribution is -2.58. The highest BCUT2D eigenvalue weighted by atomic mass is 16.4. The van der Waals surface area contributed by atoms with E-state index in [1.807, 2.05) is 24.3 Å². The molecule has 0 radical (unpaired) electrons. The zero-order valence-corrected chi connectivity index (χ0v) is 24.1. The first-order valence-electron chi connectivity index (χ1n) is 14.1. The molecule has 0 saturated carbocycles. The van der Waals surface area contributed by atoms with Crippen molar-refractivity contribution in [1.29, 1.82) is 0 Å². The second-order valence-electron chi connectivity index (χ2n) is 10.6. The maximum absolute atomic E-state index is 13.6. The van der Waals surface area contributed by atoms with Gasteiger partial charge >= 0.3 is 5.97 Å². The van der Waals surface area contributed by atoms with Crippen molar-refractivity contribution in [2.24, 2.45) is 5.73 Å². The third-order valence-electron chi connectivity index (χ3n) is 7.27. The van der Waals surface area contributed by atoms with E-state index in [9.17, 15) is 39.6 Å². The number of amides is 3. The predicted molar refractivity (Wildman–Crippen MR) is 164 cm³/mol. The number of aromatic amines is 1. The largest absolute Gasteiger partial charge is 0.508 e. The number of H-pyrrole nitrogens is 1. The standard InChI is InChI=1S/C32H35N5O8/c33-24(17-38)29(41)35-26(13-18-5-9-21(39)10-6-18)30(42)36-27(14-19-7-11-22(40)12-8-19)31(43)37-28(32(44)45)15-20-16-34-25-4-2-1-3-23(20)25/h1-12,16,24,26-28,34,38-40H,13-15,17,33H2,(H,35,41)(H,36,42)(H,37,43)(H,44,45). The van der Waals surface area contributed by atoms with Gasteiger partial charge in [-0.3, -0.25) is 14.4 Å². The Kier molecular flexibility index (Phi) is 10.7. The van der Waals surface area contributed by atoms with E-state index in [0.29, 0.717) is 16.7 Å². The van der Waals surface area contributed by atoms with E-state index in [2.05, 4.69) is 20.9 Å². The van der Waals surface area contributed by atoms with Crippen LogP contribution in [0.3, 0.4) is 0 Å². The number of phenols is 2. The molecule has 0 aliphatic rings. The number of phenolic OH excluding ortho intramolecular Hbond substituents is 2. The van der Waals surface area contributed by atoms with Crippen LogP contribution in [-0.2, 0) is 38.4 Å². The van der Waals surface area contributed by atoms with Crippen molar-refractivity contribution >= 4 is 34.6 Å². The number of carbonyl (C=O) groups excluding carboxylic acids is 3. The topological polar surface area (TPSA) is 227 Å². The number of nitrogens with one attached hydrogen (secondary N) is 4. The first-order chi connectivity index (χ1) is 21.5. The fraction of sp³-hybridized carbons (Fsp3) is 0.250. The van der Waals surface area contributed by atoms with Gasteiger partial charge in [-0.1, -0.05) is 42.5 Å². The lowest BCUT2D eigenvalue weighted by atomic mass is 10.0. The maximum Gasteiger partial charge on any atom is 0.326 e. The molecule has 13 nitrogen and oxygen atoms in total. The van der Waals surface area contributed by atoms with Crippen molar-refractivity contribution in [3.05, 3.63) is 95.7 Å². The summed E-state index contributed by atoms with van der Waals surface area (Å²) in [6.45, 7) is -0.668. The van der Waals surface area contributed by atoms with Gasteiger partial charge in [-0.15, -0.1) is 0 Å². The smallest absolute Gasteiger partial charge is 0.326 e. The molecule has 1 heterocycles. The first-order valence-corrected chi connectivity index (χ1v) is 14.1. The monoisotopic (exact) mass is 617 g/mol. The van der Waals surface area contributed by atoms with Crippen LogP contribution in [-0.4, -0.2) is 79.9 Å². The molecule has 3 amide bonds. The highest BCUT2D eigenvalue weighted by molar-refractivity contribution is 5.94. The Labute approximate surface area is 258 Å². The fourth-order valence-electron chi connectivity index (χ4n) is 4.78. The van der Waals surface area contributed by atoms with Crippen molar-refractivity contribution in [2.45, 2.75) is 43.4 Å². The van der Waals surface area contributed by atoms with Gasteiger partial charge in [0, 0.05) is 36.4 Å². The number of aromatic nitrogens is 1. The summed E-state index contributed by atoms with van der Waals surface area (Å²) >= 11 is 0. The number of rotatable bonds is 14. The van der Waals surface area contributed by atoms with Crippen molar-refractivity contribution in [3.8, 4) is 11.5 Å². The molecule has 4 rings (SSSR count). The van der Waals surface area contributed by atoms with Gasteiger partial charge in [0.2, 0.25) is 17.7 Å². The van der Waals surface area contributed by atoms with Crippen molar-refractivity contribution in [1.82, 2.24) is 20.9 Å². The molecule has 0 aliphatic carbocycles. The van der Waals surface area contributed by atoms with Crippen molar-refractivity contribution in [2.75, 3.05) is 6.61 Å². The van der Waals surface area contributed by atoms with Crippen LogP contribution in [0.2, 0.25) is 0 Å². The number of para-hydroxylation sites is 1. The van der Waals surface area contributed by atoms with Crippen LogP contribution in [0.25, 0.3) is 10.9 Å². The number of aliphatic hydroxyl groups is 1. The first kappa shape index (κ1) is 32.5. The van der Waals surface area contributed by atoms with Crippen LogP contribution in [0, 0.1) is 0 Å². The molecule has 0 aliphatic heterocycles. The van der Waals surface area contributed by atoms with E-state index >= 15 is 0 Å². The van der Waals surface area contributed by atoms with Gasteiger partial charge in [-0.05, 0) is 47.0 Å². The number of hydrogen-bond acceptors (Lipinski definition) is 8. The predicted octanol–water partition coefficient (Wildman–Crippen LogP) is 0.466. The lowest BCUT2D eigenvalue weighted by Gasteiger charge is -2.25. The van der Waals surface area contributed by atoms with E-state index in [4.69, 9.17) is 5.73 Å². The average molecular weight is 618 g/mol. The summed E-state index contributed by atoms with van der Waals surface area (Å²) in [6, 6.07) is 14.0. The number of aromatic hydroxyl groups is 2. The number of carboxylic acids is 1. The molecule has 0 fully saturated rings. The quantitative estimate of drug-likeness (QED) is 0.0956. The number of carboxylic acid groups (broad SMARTS) is 1. The molecule has 4 aromatic rings. The summed E-state index contributed by atoms with van der Waals surface area (Å²) < 4.78 is 0. The summed E-state index contributed by atoms with van der Waals surface area (Å²) in [6.07, 6.45) is 1.51. The molecule has 10 N–H and O–H groups in total. The summed E-state index contributed by atoms with van der Waals surface area (Å²) in [4.78, 5) is 55.1. The highest BCUT2D eigenvalue weighted by Crippen LogP contribution is 2.20. The maximum atomic E-state index is 13.6. The number of nitrogens with two attached hydrogens (primary N) is 1. The summed E-state index contributed by atoms with van der Waals surface area (Å²) in [5.74, 6) is -3.66. The van der Waals surface area contributed by atoms with Crippen molar-refractivity contribution in [3.63, 3.8) is 0 Å². The Morgan fingerprint density at radius 1 is 0.689 bits per heavy atom. The average Bonchev–Trinajstić information content (AvgIpc) is 3.44. The molecular weight excluding hydrogens is 582 g/mol. The summed E-state index contributed by atoms with van der Waals surface area (Å²) in [5, 5.41) is 47.1. The third kappa shape index (κ3) is 8.81. The van der Waals surface area contributed by atoms with Gasteiger partial charge in [0.05, 0.1) is 6.61 Å². The van der Waals surface area contributed by atoms with Crippen LogP contribution in [0.4, 0.5) is 0 Å². The van der Waals surface area contributed by atoms with E-state index < -0.39 is 54.5 Å². The summed E-state index contributed by atoms with van der Waals surface area (Å²) in [5.41, 5.74) is 8.25. The highest BCUT2D eigenvalue weighted by Gasteiger charge is 2.31. The summed E-state index contributed by atoms with van der Waals surface area (Å²) in [7, 11) is 0. The van der Waals surface area contributed by atoms with Gasteiger partial charge in [0.1, 0.15) is 35.7 Å². The zero-order chi connectivity index (χ0) is 32.5. The van der Waals surface area contributed by atoms with Crippen LogP contribution in [0.1, 0.15) is 16.7 Å². The van der Waals surface area contributed by atoms with Crippen molar-refractivity contribution < 1.29 is 39.6 Å². The van der Waals surface area contributed by atoms with Gasteiger partial charge in [0.25, 0.3) is 0 Å². The Morgan fingerprint density at radius 2 is 1.18 bits per heavy atom. The van der Waals surface area contributed by atoms with E-state index in [1.165, 1.54) is 24.3 Å². The Balaban J connectivity index is 1.58. The third-order valence-corrected chi connectivity index (χ3v) is 7.27. The SMILES string of the molecule is NC(CO)C(=O)NC(Cc1ccc(O)cc1)C(=O)NC(Cc1ccc(O)cc1)C(=O)NC(Cc1c[nH]c2ccccc12)C(=O)O. The normalized spacial score (nSPS) is 13.7. The molecular formula is C32H35N5O8. The van der Waals surface area contributed by atoms with Gasteiger partial charge < -0.3 is 47.1 Å². The molecule has 0 bridgehead atoms. The fourth-order valence-corrected chi connectivity index (χ4v) is 4.78. The molecule has 13 heteroatoms. The van der Waals surface area contributed by atoms with Gasteiger partial charge in [-0.2, -0.15) is 0 Å². The molecule has 4 atom stereocenters. The van der Waals surface area contributed by atoms with E-state index in [-0.39, 0.29) is 30.8 Å². The van der Waals surface area contributed by atoms with E-state index in [1.54, 1.807) is 30.5 Å². The minimum Gasteiger partial charge on any atom is -0.508 e. The minimum atomic E-state index is -1.34. The molecule has 1 aromatic heterocycles. The number of hydrogen-bond donors (Lipinski definition) is 9. The van der Waals surface area contributed by atoms with E-state index in [0.717, 1.165) is 10.9 Å². The molecule has 236 valence electrons. The van der Waals surface area contributed by atoms with Crippen LogP contribution < -0.4 is 21.7 Å². The second kappa shape index (κ2) is 14.9. The van der Waals surface area contributed by atoms with Crippen LogP contribution in [0.5, 0.6) is 11.5 Å². The minimum absolute atomic E-state index is 0.00246. The number of aliphatic carboxylic acids is 1. The Bertz CT molecular complexity index is 1640. The van der Waals surface area contributed by atoms with Crippen LogP contribution in [0.15, 0.2) is 79.0 Å². The lowest BCUT2D eigenvalue weighted by molar-refractivity contribution is -0.142. The molecule has 0 saturated heterocycles. The second-order valence-corrected chi connectivity index (χ2v) is 10.6. The molecule has 0 spiro atoms. The molecule has 3 aromatic carbocycles.